The highest BCUT2D eigenvalue weighted by atomic mass is 15.1. The topological polar surface area (TPSA) is 48.8 Å². The Morgan fingerprint density at radius 3 is 2.57 bits per heavy atom. The molecule has 3 heteroatoms. The van der Waals surface area contributed by atoms with Crippen LogP contribution in [0.25, 0.3) is 10.4 Å². The fourth-order valence-corrected chi connectivity index (χ4v) is 1.35. The minimum atomic E-state index is 0.467. The monoisotopic (exact) mass is 189 g/mol. The molecule has 0 atom stereocenters. The molecule has 1 aromatic rings. The van der Waals surface area contributed by atoms with Gasteiger partial charge >= 0.3 is 0 Å². The standard InChI is InChI=1S/C11H15N3/c1-4-9-5-10(8(2)3)7-11(6-9)13-14-12/h5-8H,4H2,1-3H3. The molecule has 0 heterocycles. The molecular weight excluding hydrogens is 174 g/mol. The fraction of sp³-hybridized carbons (Fsp3) is 0.455. The van der Waals surface area contributed by atoms with E-state index >= 15 is 0 Å². The van der Waals surface area contributed by atoms with Gasteiger partial charge in [0.2, 0.25) is 0 Å². The lowest BCUT2D eigenvalue weighted by Crippen LogP contribution is -1.89. The summed E-state index contributed by atoms with van der Waals surface area (Å²) in [7, 11) is 0. The van der Waals surface area contributed by atoms with Gasteiger partial charge in [0, 0.05) is 10.6 Å². The van der Waals surface area contributed by atoms with Crippen LogP contribution in [0.3, 0.4) is 0 Å². The zero-order valence-corrected chi connectivity index (χ0v) is 8.86. The van der Waals surface area contributed by atoms with Crippen molar-refractivity contribution in [3.63, 3.8) is 0 Å². The van der Waals surface area contributed by atoms with Crippen molar-refractivity contribution in [1.82, 2.24) is 0 Å². The molecule has 1 rings (SSSR count). The highest BCUT2D eigenvalue weighted by Crippen LogP contribution is 2.23. The Bertz CT molecular complexity index is 363. The molecule has 0 radical (unpaired) electrons. The van der Waals surface area contributed by atoms with E-state index in [9.17, 15) is 0 Å². The van der Waals surface area contributed by atoms with Crippen molar-refractivity contribution < 1.29 is 0 Å². The van der Waals surface area contributed by atoms with Crippen molar-refractivity contribution in [2.75, 3.05) is 0 Å². The second-order valence-electron chi connectivity index (χ2n) is 3.63. The SMILES string of the molecule is CCc1cc(N=[N+]=[N-])cc(C(C)C)c1. The zero-order chi connectivity index (χ0) is 10.6. The Kier molecular flexibility index (Phi) is 3.55. The normalized spacial score (nSPS) is 10.0. The molecular formula is C11H15N3. The highest BCUT2D eigenvalue weighted by molar-refractivity contribution is 5.45. The third-order valence-corrected chi connectivity index (χ3v) is 2.23. The van der Waals surface area contributed by atoms with E-state index in [-0.39, 0.29) is 0 Å². The second kappa shape index (κ2) is 4.68. The Morgan fingerprint density at radius 1 is 1.36 bits per heavy atom. The second-order valence-corrected chi connectivity index (χ2v) is 3.63. The first-order valence-corrected chi connectivity index (χ1v) is 4.86. The summed E-state index contributed by atoms with van der Waals surface area (Å²) in [5.41, 5.74) is 11.5. The van der Waals surface area contributed by atoms with Gasteiger partial charge in [-0.25, -0.2) is 0 Å². The van der Waals surface area contributed by atoms with Gasteiger partial charge in [-0.2, -0.15) is 0 Å². The lowest BCUT2D eigenvalue weighted by molar-refractivity contribution is 0.862. The summed E-state index contributed by atoms with van der Waals surface area (Å²) in [6, 6.07) is 6.05. The average Bonchev–Trinajstić information content (AvgIpc) is 2.17. The van der Waals surface area contributed by atoms with Crippen LogP contribution in [0.4, 0.5) is 5.69 Å². The van der Waals surface area contributed by atoms with E-state index in [1.54, 1.807) is 0 Å². The van der Waals surface area contributed by atoms with E-state index in [0.717, 1.165) is 12.1 Å². The molecule has 74 valence electrons. The molecule has 0 fully saturated rings. The predicted molar refractivity (Wildman–Crippen MR) is 58.7 cm³/mol. The quantitative estimate of drug-likeness (QED) is 0.386. The summed E-state index contributed by atoms with van der Waals surface area (Å²) in [6.45, 7) is 6.36. The first-order chi connectivity index (χ1) is 6.67. The lowest BCUT2D eigenvalue weighted by atomic mass is 9.99. The van der Waals surface area contributed by atoms with E-state index in [4.69, 9.17) is 5.53 Å². The van der Waals surface area contributed by atoms with Gasteiger partial charge in [-0.05, 0) is 41.1 Å². The maximum absolute atomic E-state index is 8.37. The summed E-state index contributed by atoms with van der Waals surface area (Å²) in [4.78, 5) is 2.81. The van der Waals surface area contributed by atoms with Crippen LogP contribution >= 0.6 is 0 Å². The van der Waals surface area contributed by atoms with Gasteiger partial charge in [-0.3, -0.25) is 0 Å². The maximum atomic E-state index is 8.37. The third kappa shape index (κ3) is 2.51. The van der Waals surface area contributed by atoms with Crippen molar-refractivity contribution in [1.29, 1.82) is 0 Å². The summed E-state index contributed by atoms with van der Waals surface area (Å²) < 4.78 is 0. The Hall–Kier alpha value is -1.47. The van der Waals surface area contributed by atoms with E-state index < -0.39 is 0 Å². The molecule has 0 aliphatic carbocycles. The van der Waals surface area contributed by atoms with Gasteiger partial charge in [-0.15, -0.1) is 0 Å². The fourth-order valence-electron chi connectivity index (χ4n) is 1.35. The van der Waals surface area contributed by atoms with Crippen molar-refractivity contribution in [2.24, 2.45) is 5.11 Å². The summed E-state index contributed by atoms with van der Waals surface area (Å²) in [5, 5.41) is 3.64. The van der Waals surface area contributed by atoms with Crippen molar-refractivity contribution in [3.8, 4) is 0 Å². The largest absolute Gasteiger partial charge is 0.0613 e. The molecule has 0 aliphatic rings. The highest BCUT2D eigenvalue weighted by Gasteiger charge is 2.02. The summed E-state index contributed by atoms with van der Waals surface area (Å²) in [5.74, 6) is 0.467. The smallest absolute Gasteiger partial charge is 0.0380 e. The van der Waals surface area contributed by atoms with E-state index in [0.29, 0.717) is 5.92 Å². The van der Waals surface area contributed by atoms with E-state index in [1.807, 2.05) is 12.1 Å². The lowest BCUT2D eigenvalue weighted by Gasteiger charge is -2.08. The van der Waals surface area contributed by atoms with Gasteiger partial charge < -0.3 is 0 Å². The van der Waals surface area contributed by atoms with Crippen molar-refractivity contribution in [2.45, 2.75) is 33.1 Å². The number of aryl methyl sites for hydroxylation is 1. The molecule has 0 saturated carbocycles. The first kappa shape index (κ1) is 10.6. The van der Waals surface area contributed by atoms with Crippen LogP contribution < -0.4 is 0 Å². The Morgan fingerprint density at radius 2 is 2.07 bits per heavy atom. The van der Waals surface area contributed by atoms with Gasteiger partial charge in [-0.1, -0.05) is 32.0 Å². The number of hydrogen-bond donors (Lipinski definition) is 0. The minimum absolute atomic E-state index is 0.467. The van der Waals surface area contributed by atoms with Gasteiger partial charge in [0.25, 0.3) is 0 Å². The minimum Gasteiger partial charge on any atom is -0.0613 e. The third-order valence-electron chi connectivity index (χ3n) is 2.23. The van der Waals surface area contributed by atoms with Gasteiger partial charge in [0.1, 0.15) is 0 Å². The van der Waals surface area contributed by atoms with Gasteiger partial charge in [0.05, 0.1) is 0 Å². The number of nitrogens with zero attached hydrogens (tertiary/aromatic N) is 3. The average molecular weight is 189 g/mol. The zero-order valence-electron chi connectivity index (χ0n) is 8.86. The molecule has 0 unspecified atom stereocenters. The maximum Gasteiger partial charge on any atom is 0.0380 e. The molecule has 0 spiro atoms. The van der Waals surface area contributed by atoms with Gasteiger partial charge in [0.15, 0.2) is 0 Å². The number of rotatable bonds is 3. The molecule has 0 N–H and O–H groups in total. The number of benzene rings is 1. The Balaban J connectivity index is 3.19. The van der Waals surface area contributed by atoms with Crippen LogP contribution in [0.1, 0.15) is 37.8 Å². The number of azide groups is 1. The van der Waals surface area contributed by atoms with Crippen molar-refractivity contribution >= 4 is 5.69 Å². The molecule has 0 aliphatic heterocycles. The molecule has 0 saturated heterocycles. The van der Waals surface area contributed by atoms with Crippen LogP contribution in [0.2, 0.25) is 0 Å². The van der Waals surface area contributed by atoms with Crippen LogP contribution in [-0.2, 0) is 6.42 Å². The van der Waals surface area contributed by atoms with Crippen LogP contribution in [0, 0.1) is 0 Å². The summed E-state index contributed by atoms with van der Waals surface area (Å²) >= 11 is 0. The van der Waals surface area contributed by atoms with Crippen LogP contribution in [-0.4, -0.2) is 0 Å². The number of hydrogen-bond acceptors (Lipinski definition) is 1. The molecule has 1 aromatic carbocycles. The molecule has 14 heavy (non-hydrogen) atoms. The van der Waals surface area contributed by atoms with Crippen molar-refractivity contribution in [3.05, 3.63) is 39.8 Å². The van der Waals surface area contributed by atoms with Crippen LogP contribution in [0.5, 0.6) is 0 Å². The van der Waals surface area contributed by atoms with E-state index in [1.165, 1.54) is 11.1 Å². The Labute approximate surface area is 84.4 Å². The summed E-state index contributed by atoms with van der Waals surface area (Å²) in [6.07, 6.45) is 0.967. The predicted octanol–water partition coefficient (Wildman–Crippen LogP) is 4.31. The molecule has 0 amide bonds. The first-order valence-electron chi connectivity index (χ1n) is 4.86. The molecule has 0 aromatic heterocycles. The molecule has 0 bridgehead atoms. The molecule has 3 nitrogen and oxygen atoms in total. The van der Waals surface area contributed by atoms with Crippen LogP contribution in [0.15, 0.2) is 23.3 Å². The van der Waals surface area contributed by atoms with E-state index in [2.05, 4.69) is 36.9 Å².